The number of nitrogens with zero attached hydrogens (tertiary/aromatic N) is 1. The third-order valence-electron chi connectivity index (χ3n) is 1.51. The Morgan fingerprint density at radius 3 is 2.92 bits per heavy atom. The molecule has 0 radical (unpaired) electrons. The van der Waals surface area contributed by atoms with E-state index in [1.165, 1.54) is 10.8 Å². The Balaban J connectivity index is 2.39. The predicted octanol–water partition coefficient (Wildman–Crippen LogP) is 0.0412. The maximum atomic E-state index is 10.9. The van der Waals surface area contributed by atoms with E-state index in [2.05, 4.69) is 4.98 Å². The molecule has 5 heteroatoms. The van der Waals surface area contributed by atoms with Crippen LogP contribution in [0.1, 0.15) is 12.8 Å². The van der Waals surface area contributed by atoms with E-state index in [4.69, 9.17) is 5.11 Å². The second kappa shape index (κ2) is 3.75. The second-order valence-electron chi connectivity index (χ2n) is 2.46. The molecule has 0 amide bonds. The molecule has 0 saturated heterocycles. The Kier molecular flexibility index (Phi) is 2.68. The van der Waals surface area contributed by atoms with Gasteiger partial charge in [-0.2, -0.15) is 0 Å². The van der Waals surface area contributed by atoms with Crippen LogP contribution in [-0.4, -0.2) is 20.6 Å². The average Bonchev–Trinajstić information content (AvgIpc) is 2.36. The quantitative estimate of drug-likeness (QED) is 0.670. The molecule has 1 rings (SSSR count). The maximum Gasteiger partial charge on any atom is 0.325 e. The first-order valence-corrected chi connectivity index (χ1v) is 3.66. The Morgan fingerprint density at radius 2 is 2.42 bits per heavy atom. The number of nitrogens with one attached hydrogen (secondary N) is 1. The third kappa shape index (κ3) is 2.26. The molecule has 12 heavy (non-hydrogen) atoms. The summed E-state index contributed by atoms with van der Waals surface area (Å²) in [5, 5.41) is 8.32. The van der Waals surface area contributed by atoms with Crippen LogP contribution in [0.3, 0.4) is 0 Å². The van der Waals surface area contributed by atoms with Crippen LogP contribution in [0, 0.1) is 0 Å². The van der Waals surface area contributed by atoms with E-state index in [1.807, 2.05) is 0 Å². The topological polar surface area (TPSA) is 75.1 Å². The van der Waals surface area contributed by atoms with E-state index >= 15 is 0 Å². The van der Waals surface area contributed by atoms with Crippen molar-refractivity contribution in [2.24, 2.45) is 0 Å². The van der Waals surface area contributed by atoms with Crippen molar-refractivity contribution in [3.8, 4) is 0 Å². The van der Waals surface area contributed by atoms with Gasteiger partial charge >= 0.3 is 11.7 Å². The molecular formula is C7H10N2O3. The van der Waals surface area contributed by atoms with E-state index in [1.54, 1.807) is 6.20 Å². The van der Waals surface area contributed by atoms with Gasteiger partial charge in [-0.15, -0.1) is 0 Å². The number of carbonyl (C=O) groups is 1. The minimum atomic E-state index is -0.835. The minimum absolute atomic E-state index is 0.0949. The molecule has 0 atom stereocenters. The second-order valence-corrected chi connectivity index (χ2v) is 2.46. The lowest BCUT2D eigenvalue weighted by Gasteiger charge is -1.96. The highest BCUT2D eigenvalue weighted by molar-refractivity contribution is 5.66. The first-order chi connectivity index (χ1) is 5.70. The highest BCUT2D eigenvalue weighted by Crippen LogP contribution is 1.91. The average molecular weight is 170 g/mol. The van der Waals surface area contributed by atoms with Crippen molar-refractivity contribution in [1.82, 2.24) is 9.55 Å². The zero-order valence-corrected chi connectivity index (χ0v) is 6.49. The normalized spacial score (nSPS) is 10.0. The SMILES string of the molecule is O=C(O)CCCn1cc[nH]c1=O. The van der Waals surface area contributed by atoms with Crippen LogP contribution in [0.25, 0.3) is 0 Å². The van der Waals surface area contributed by atoms with Gasteiger partial charge in [-0.1, -0.05) is 0 Å². The molecular weight excluding hydrogens is 160 g/mol. The van der Waals surface area contributed by atoms with Crippen molar-refractivity contribution in [2.75, 3.05) is 0 Å². The van der Waals surface area contributed by atoms with Crippen LogP contribution in [0.4, 0.5) is 0 Å². The fourth-order valence-corrected chi connectivity index (χ4v) is 0.926. The van der Waals surface area contributed by atoms with Crippen molar-refractivity contribution in [3.63, 3.8) is 0 Å². The van der Waals surface area contributed by atoms with Gasteiger partial charge in [0.25, 0.3) is 0 Å². The van der Waals surface area contributed by atoms with Crippen LogP contribution >= 0.6 is 0 Å². The van der Waals surface area contributed by atoms with E-state index in [0.29, 0.717) is 13.0 Å². The van der Waals surface area contributed by atoms with Gasteiger partial charge in [0, 0.05) is 25.4 Å². The summed E-state index contributed by atoms with van der Waals surface area (Å²) in [7, 11) is 0. The van der Waals surface area contributed by atoms with Crippen molar-refractivity contribution in [3.05, 3.63) is 22.9 Å². The summed E-state index contributed by atoms with van der Waals surface area (Å²) >= 11 is 0. The third-order valence-corrected chi connectivity index (χ3v) is 1.51. The summed E-state index contributed by atoms with van der Waals surface area (Å²) in [4.78, 5) is 23.4. The van der Waals surface area contributed by atoms with Crippen LogP contribution in [0.5, 0.6) is 0 Å². The zero-order valence-electron chi connectivity index (χ0n) is 6.49. The van der Waals surface area contributed by atoms with E-state index in [0.717, 1.165) is 0 Å². The van der Waals surface area contributed by atoms with Crippen LogP contribution < -0.4 is 5.69 Å². The maximum absolute atomic E-state index is 10.9. The molecule has 0 aliphatic carbocycles. The zero-order chi connectivity index (χ0) is 8.97. The number of aliphatic carboxylic acids is 1. The Bertz CT molecular complexity index is 312. The molecule has 66 valence electrons. The summed E-state index contributed by atoms with van der Waals surface area (Å²) in [6.45, 7) is 0.453. The molecule has 5 nitrogen and oxygen atoms in total. The van der Waals surface area contributed by atoms with Gasteiger partial charge in [0.2, 0.25) is 0 Å². The smallest absolute Gasteiger partial charge is 0.325 e. The molecule has 1 aromatic rings. The molecule has 2 N–H and O–H groups in total. The number of rotatable bonds is 4. The highest BCUT2D eigenvalue weighted by atomic mass is 16.4. The van der Waals surface area contributed by atoms with Gasteiger partial charge < -0.3 is 10.1 Å². The number of hydrogen-bond donors (Lipinski definition) is 2. The van der Waals surface area contributed by atoms with Crippen molar-refractivity contribution >= 4 is 5.97 Å². The molecule has 1 aromatic heterocycles. The summed E-state index contributed by atoms with van der Waals surface area (Å²) in [5.41, 5.74) is -0.194. The number of H-pyrrole nitrogens is 1. The number of carboxylic acids is 1. The van der Waals surface area contributed by atoms with Crippen molar-refractivity contribution in [2.45, 2.75) is 19.4 Å². The van der Waals surface area contributed by atoms with Crippen LogP contribution in [0.2, 0.25) is 0 Å². The van der Waals surface area contributed by atoms with Crippen molar-refractivity contribution < 1.29 is 9.90 Å². The Labute approximate surface area is 68.6 Å². The highest BCUT2D eigenvalue weighted by Gasteiger charge is 1.98. The van der Waals surface area contributed by atoms with Crippen LogP contribution in [0.15, 0.2) is 17.2 Å². The van der Waals surface area contributed by atoms with E-state index in [-0.39, 0.29) is 12.1 Å². The summed E-state index contributed by atoms with van der Waals surface area (Å²) in [6.07, 6.45) is 3.71. The first-order valence-electron chi connectivity index (χ1n) is 3.66. The summed E-state index contributed by atoms with van der Waals surface area (Å²) in [6, 6.07) is 0. The molecule has 0 saturated carbocycles. The molecule has 0 aliphatic heterocycles. The lowest BCUT2D eigenvalue weighted by Crippen LogP contribution is -2.16. The molecule has 0 unspecified atom stereocenters. The Morgan fingerprint density at radius 1 is 1.67 bits per heavy atom. The summed E-state index contributed by atoms with van der Waals surface area (Å²) < 4.78 is 1.45. The number of carboxylic acid groups (broad SMARTS) is 1. The standard InChI is InChI=1S/C7H10N2O3/c10-6(11)2-1-4-9-5-3-8-7(9)12/h3,5H,1-2,4H2,(H,8,12)(H,10,11). The Hall–Kier alpha value is -1.52. The van der Waals surface area contributed by atoms with Gasteiger partial charge in [-0.05, 0) is 6.42 Å². The molecule has 0 spiro atoms. The first kappa shape index (κ1) is 8.58. The van der Waals surface area contributed by atoms with E-state index in [9.17, 15) is 9.59 Å². The molecule has 0 aliphatic rings. The monoisotopic (exact) mass is 170 g/mol. The molecule has 1 heterocycles. The number of aryl methyl sites for hydroxylation is 1. The van der Waals surface area contributed by atoms with Gasteiger partial charge in [0.1, 0.15) is 0 Å². The fraction of sp³-hybridized carbons (Fsp3) is 0.429. The summed E-state index contributed by atoms with van der Waals surface area (Å²) in [5.74, 6) is -0.835. The van der Waals surface area contributed by atoms with Gasteiger partial charge in [-0.3, -0.25) is 9.36 Å². The van der Waals surface area contributed by atoms with Crippen LogP contribution in [-0.2, 0) is 11.3 Å². The fourth-order valence-electron chi connectivity index (χ4n) is 0.926. The number of aromatic amines is 1. The lowest BCUT2D eigenvalue weighted by molar-refractivity contribution is -0.137. The minimum Gasteiger partial charge on any atom is -0.481 e. The lowest BCUT2D eigenvalue weighted by atomic mass is 10.3. The number of hydrogen-bond acceptors (Lipinski definition) is 2. The van der Waals surface area contributed by atoms with Gasteiger partial charge in [0.15, 0.2) is 0 Å². The molecule has 0 fully saturated rings. The predicted molar refractivity (Wildman–Crippen MR) is 41.9 cm³/mol. The number of imidazole rings is 1. The largest absolute Gasteiger partial charge is 0.481 e. The van der Waals surface area contributed by atoms with Gasteiger partial charge in [0.05, 0.1) is 0 Å². The van der Waals surface area contributed by atoms with Gasteiger partial charge in [-0.25, -0.2) is 4.79 Å². The molecule has 0 aromatic carbocycles. The van der Waals surface area contributed by atoms with E-state index < -0.39 is 5.97 Å². The number of aromatic nitrogens is 2. The molecule has 0 bridgehead atoms. The van der Waals surface area contributed by atoms with Crippen molar-refractivity contribution in [1.29, 1.82) is 0 Å².